The molecule has 3 heterocycles. The van der Waals surface area contributed by atoms with Crippen molar-refractivity contribution in [3.63, 3.8) is 0 Å². The third-order valence-electron chi connectivity index (χ3n) is 4.82. The van der Waals surface area contributed by atoms with Gasteiger partial charge in [0.2, 0.25) is 0 Å². The van der Waals surface area contributed by atoms with Gasteiger partial charge in [-0.3, -0.25) is 14.7 Å². The fraction of sp³-hybridized carbons (Fsp3) is 0.526. The maximum absolute atomic E-state index is 12.7. The van der Waals surface area contributed by atoms with Crippen LogP contribution in [0.2, 0.25) is 0 Å². The Morgan fingerprint density at radius 1 is 1.38 bits per heavy atom. The number of hydrogen-bond donors (Lipinski definition) is 0. The van der Waals surface area contributed by atoms with Gasteiger partial charge in [0.1, 0.15) is 12.4 Å². The van der Waals surface area contributed by atoms with E-state index in [2.05, 4.69) is 28.9 Å². The third-order valence-corrected chi connectivity index (χ3v) is 4.82. The number of aryl methyl sites for hydroxylation is 1. The molecule has 1 aliphatic heterocycles. The average Bonchev–Trinajstić information content (AvgIpc) is 3.32. The first-order valence-corrected chi connectivity index (χ1v) is 9.15. The van der Waals surface area contributed by atoms with Gasteiger partial charge in [0.25, 0.3) is 5.91 Å². The van der Waals surface area contributed by atoms with E-state index < -0.39 is 0 Å². The molecule has 1 amide bonds. The number of amides is 1. The summed E-state index contributed by atoms with van der Waals surface area (Å²) < 4.78 is 10.9. The quantitative estimate of drug-likeness (QED) is 0.757. The molecule has 0 spiro atoms. The minimum absolute atomic E-state index is 0.0772. The summed E-state index contributed by atoms with van der Waals surface area (Å²) in [5.74, 6) is 1.10. The molecule has 0 unspecified atom stereocenters. The number of carbonyl (C=O) groups is 1. The van der Waals surface area contributed by atoms with Gasteiger partial charge in [-0.2, -0.15) is 0 Å². The summed E-state index contributed by atoms with van der Waals surface area (Å²) in [4.78, 5) is 21.1. The Balaban J connectivity index is 1.55. The summed E-state index contributed by atoms with van der Waals surface area (Å²) in [7, 11) is 0. The number of aromatic nitrogens is 2. The molecule has 1 aliphatic rings. The van der Waals surface area contributed by atoms with Crippen molar-refractivity contribution in [2.45, 2.75) is 39.8 Å². The van der Waals surface area contributed by atoms with Crippen LogP contribution in [0.3, 0.4) is 0 Å². The summed E-state index contributed by atoms with van der Waals surface area (Å²) in [5, 5.41) is 3.92. The summed E-state index contributed by atoms with van der Waals surface area (Å²) in [6.45, 7) is 9.95. The van der Waals surface area contributed by atoms with Crippen molar-refractivity contribution in [3.8, 4) is 5.75 Å². The van der Waals surface area contributed by atoms with Crippen molar-refractivity contribution in [1.82, 2.24) is 19.9 Å². The van der Waals surface area contributed by atoms with E-state index in [1.807, 2.05) is 24.0 Å². The van der Waals surface area contributed by atoms with Crippen molar-refractivity contribution in [3.05, 3.63) is 41.5 Å². The van der Waals surface area contributed by atoms with Crippen molar-refractivity contribution in [2.75, 3.05) is 26.2 Å². The van der Waals surface area contributed by atoms with Gasteiger partial charge in [0, 0.05) is 30.9 Å². The second-order valence-electron chi connectivity index (χ2n) is 6.52. The van der Waals surface area contributed by atoms with Gasteiger partial charge in [-0.15, -0.1) is 0 Å². The lowest BCUT2D eigenvalue weighted by Gasteiger charge is -2.25. The SMILES string of the molecule is CCN(CC)[C@@H]1CCN(C(=O)c2cc(COc3ccc(C)nc3)on2)C1. The van der Waals surface area contributed by atoms with Crippen LogP contribution in [0, 0.1) is 6.92 Å². The Hall–Kier alpha value is -2.41. The predicted molar refractivity (Wildman–Crippen MR) is 97.0 cm³/mol. The molecular formula is C19H26N4O3. The molecule has 0 saturated carbocycles. The van der Waals surface area contributed by atoms with Crippen LogP contribution in [0.1, 0.15) is 42.2 Å². The van der Waals surface area contributed by atoms with Crippen molar-refractivity contribution < 1.29 is 14.1 Å². The predicted octanol–water partition coefficient (Wildman–Crippen LogP) is 2.51. The molecule has 0 radical (unpaired) electrons. The highest BCUT2D eigenvalue weighted by molar-refractivity contribution is 5.92. The maximum atomic E-state index is 12.7. The number of ether oxygens (including phenoxy) is 1. The number of nitrogens with zero attached hydrogens (tertiary/aromatic N) is 4. The average molecular weight is 358 g/mol. The zero-order valence-electron chi connectivity index (χ0n) is 15.6. The lowest BCUT2D eigenvalue weighted by Crippen LogP contribution is -2.38. The number of carbonyl (C=O) groups excluding carboxylic acids is 1. The van der Waals surface area contributed by atoms with Crippen molar-refractivity contribution in [1.29, 1.82) is 0 Å². The third kappa shape index (κ3) is 4.22. The summed E-state index contributed by atoms with van der Waals surface area (Å²) >= 11 is 0. The first kappa shape index (κ1) is 18.4. The Bertz CT molecular complexity index is 725. The molecule has 0 bridgehead atoms. The molecule has 2 aromatic heterocycles. The van der Waals surface area contributed by atoms with E-state index in [1.165, 1.54) is 0 Å². The minimum Gasteiger partial charge on any atom is -0.484 e. The Kier molecular flexibility index (Phi) is 5.88. The number of likely N-dealkylation sites (N-methyl/N-ethyl adjacent to an activating group) is 1. The van der Waals surface area contributed by atoms with Crippen LogP contribution < -0.4 is 4.74 Å². The van der Waals surface area contributed by atoms with Gasteiger partial charge < -0.3 is 14.2 Å². The van der Waals surface area contributed by atoms with E-state index in [9.17, 15) is 4.79 Å². The Morgan fingerprint density at radius 3 is 2.88 bits per heavy atom. The van der Waals surface area contributed by atoms with Crippen LogP contribution >= 0.6 is 0 Å². The molecule has 26 heavy (non-hydrogen) atoms. The number of likely N-dealkylation sites (tertiary alicyclic amines) is 1. The number of pyridine rings is 1. The molecule has 7 heteroatoms. The monoisotopic (exact) mass is 358 g/mol. The molecule has 0 aromatic carbocycles. The molecule has 1 saturated heterocycles. The standard InChI is InChI=1S/C19H26N4O3/c1-4-22(5-2)15-8-9-23(12-15)19(24)18-10-17(26-21-18)13-25-16-7-6-14(3)20-11-16/h6-7,10-11,15H,4-5,8-9,12-13H2,1-3H3/t15-/m1/s1. The summed E-state index contributed by atoms with van der Waals surface area (Å²) in [5.41, 5.74) is 1.27. The second kappa shape index (κ2) is 8.31. The fourth-order valence-corrected chi connectivity index (χ4v) is 3.30. The largest absolute Gasteiger partial charge is 0.484 e. The molecule has 1 atom stereocenters. The van der Waals surface area contributed by atoms with E-state index in [4.69, 9.17) is 9.26 Å². The van der Waals surface area contributed by atoms with E-state index in [1.54, 1.807) is 12.3 Å². The van der Waals surface area contributed by atoms with Crippen LogP contribution in [-0.4, -0.2) is 58.1 Å². The van der Waals surface area contributed by atoms with Crippen LogP contribution in [0.25, 0.3) is 0 Å². The molecule has 3 rings (SSSR count). The minimum atomic E-state index is -0.0772. The molecule has 7 nitrogen and oxygen atoms in total. The van der Waals surface area contributed by atoms with Crippen molar-refractivity contribution >= 4 is 5.91 Å². The van der Waals surface area contributed by atoms with Crippen LogP contribution in [0.4, 0.5) is 0 Å². The molecular weight excluding hydrogens is 332 g/mol. The summed E-state index contributed by atoms with van der Waals surface area (Å²) in [6.07, 6.45) is 2.66. The van der Waals surface area contributed by atoms with Crippen LogP contribution in [0.15, 0.2) is 28.9 Å². The van der Waals surface area contributed by atoms with Gasteiger partial charge in [0.05, 0.1) is 6.20 Å². The topological polar surface area (TPSA) is 71.7 Å². The molecule has 1 fully saturated rings. The zero-order valence-corrected chi connectivity index (χ0v) is 15.6. The van der Waals surface area contributed by atoms with Gasteiger partial charge in [-0.25, -0.2) is 0 Å². The zero-order chi connectivity index (χ0) is 18.5. The number of rotatable bonds is 7. The van der Waals surface area contributed by atoms with Crippen molar-refractivity contribution in [2.24, 2.45) is 0 Å². The highest BCUT2D eigenvalue weighted by Crippen LogP contribution is 2.19. The molecule has 0 N–H and O–H groups in total. The van der Waals surface area contributed by atoms with E-state index in [-0.39, 0.29) is 12.5 Å². The Labute approximate surface area is 153 Å². The highest BCUT2D eigenvalue weighted by atomic mass is 16.5. The molecule has 140 valence electrons. The summed E-state index contributed by atoms with van der Waals surface area (Å²) in [6, 6.07) is 5.82. The maximum Gasteiger partial charge on any atom is 0.276 e. The van der Waals surface area contributed by atoms with E-state index in [0.717, 1.165) is 38.3 Å². The smallest absolute Gasteiger partial charge is 0.276 e. The second-order valence-corrected chi connectivity index (χ2v) is 6.52. The normalized spacial score (nSPS) is 17.1. The van der Waals surface area contributed by atoms with Gasteiger partial charge >= 0.3 is 0 Å². The first-order valence-electron chi connectivity index (χ1n) is 9.15. The molecule has 2 aromatic rings. The van der Waals surface area contributed by atoms with Gasteiger partial charge in [-0.05, 0) is 38.6 Å². The molecule has 0 aliphatic carbocycles. The lowest BCUT2D eigenvalue weighted by atomic mass is 10.2. The van der Waals surface area contributed by atoms with E-state index >= 15 is 0 Å². The van der Waals surface area contributed by atoms with Crippen LogP contribution in [-0.2, 0) is 6.61 Å². The van der Waals surface area contributed by atoms with E-state index in [0.29, 0.717) is 23.2 Å². The number of hydrogen-bond acceptors (Lipinski definition) is 6. The Morgan fingerprint density at radius 2 is 2.19 bits per heavy atom. The lowest BCUT2D eigenvalue weighted by molar-refractivity contribution is 0.0767. The highest BCUT2D eigenvalue weighted by Gasteiger charge is 2.31. The first-order chi connectivity index (χ1) is 12.6. The van der Waals surface area contributed by atoms with Crippen LogP contribution in [0.5, 0.6) is 5.75 Å². The van der Waals surface area contributed by atoms with Gasteiger partial charge in [0.15, 0.2) is 11.5 Å². The fourth-order valence-electron chi connectivity index (χ4n) is 3.30. The van der Waals surface area contributed by atoms with Gasteiger partial charge in [-0.1, -0.05) is 19.0 Å².